The summed E-state index contributed by atoms with van der Waals surface area (Å²) >= 11 is 0. The SMILES string of the molecule is CC(C)c1cc(C(=O)O)cc2c1C=CCCC2. The Labute approximate surface area is 102 Å². The average Bonchev–Trinajstić information content (AvgIpc) is 2.51. The van der Waals surface area contributed by atoms with Gasteiger partial charge in [-0.1, -0.05) is 26.0 Å². The van der Waals surface area contributed by atoms with Crippen LogP contribution in [0.3, 0.4) is 0 Å². The Morgan fingerprint density at radius 1 is 1.35 bits per heavy atom. The molecule has 90 valence electrons. The Morgan fingerprint density at radius 3 is 2.76 bits per heavy atom. The summed E-state index contributed by atoms with van der Waals surface area (Å²) < 4.78 is 0. The molecule has 0 bridgehead atoms. The fourth-order valence-electron chi connectivity index (χ4n) is 2.36. The van der Waals surface area contributed by atoms with E-state index in [2.05, 4.69) is 26.0 Å². The maximum atomic E-state index is 11.1. The molecular formula is C15H18O2. The summed E-state index contributed by atoms with van der Waals surface area (Å²) in [4.78, 5) is 11.1. The van der Waals surface area contributed by atoms with Gasteiger partial charge in [0.05, 0.1) is 5.56 Å². The molecule has 2 rings (SSSR count). The lowest BCUT2D eigenvalue weighted by molar-refractivity contribution is 0.0696. The van der Waals surface area contributed by atoms with E-state index in [9.17, 15) is 4.79 Å². The molecule has 1 N–H and O–H groups in total. The topological polar surface area (TPSA) is 37.3 Å². The summed E-state index contributed by atoms with van der Waals surface area (Å²) in [7, 11) is 0. The number of fused-ring (bicyclic) bond motifs is 1. The van der Waals surface area contributed by atoms with E-state index in [1.54, 1.807) is 0 Å². The van der Waals surface area contributed by atoms with Gasteiger partial charge in [-0.15, -0.1) is 0 Å². The molecule has 17 heavy (non-hydrogen) atoms. The second-order valence-electron chi connectivity index (χ2n) is 4.89. The van der Waals surface area contributed by atoms with Crippen LogP contribution in [0.15, 0.2) is 18.2 Å². The van der Waals surface area contributed by atoms with Crippen LogP contribution in [0.5, 0.6) is 0 Å². The highest BCUT2D eigenvalue weighted by molar-refractivity contribution is 5.89. The normalized spacial score (nSPS) is 14.5. The van der Waals surface area contributed by atoms with Gasteiger partial charge in [0, 0.05) is 0 Å². The van der Waals surface area contributed by atoms with Crippen molar-refractivity contribution in [3.8, 4) is 0 Å². The number of aromatic carboxylic acids is 1. The van der Waals surface area contributed by atoms with Gasteiger partial charge in [-0.25, -0.2) is 4.79 Å². The van der Waals surface area contributed by atoms with Crippen LogP contribution in [0.25, 0.3) is 6.08 Å². The fourth-order valence-corrected chi connectivity index (χ4v) is 2.36. The molecule has 1 aliphatic rings. The monoisotopic (exact) mass is 230 g/mol. The quantitative estimate of drug-likeness (QED) is 0.837. The first-order valence-electron chi connectivity index (χ1n) is 6.16. The first-order chi connectivity index (χ1) is 8.09. The summed E-state index contributed by atoms with van der Waals surface area (Å²) in [5.74, 6) is -0.478. The summed E-state index contributed by atoms with van der Waals surface area (Å²) in [5.41, 5.74) is 3.99. The van der Waals surface area contributed by atoms with Crippen LogP contribution in [-0.4, -0.2) is 11.1 Å². The highest BCUT2D eigenvalue weighted by Crippen LogP contribution is 2.29. The molecule has 2 nitrogen and oxygen atoms in total. The van der Waals surface area contributed by atoms with Gasteiger partial charge in [0.15, 0.2) is 0 Å². The number of hydrogen-bond donors (Lipinski definition) is 1. The van der Waals surface area contributed by atoms with E-state index in [0.717, 1.165) is 24.8 Å². The van der Waals surface area contributed by atoms with E-state index in [0.29, 0.717) is 11.5 Å². The van der Waals surface area contributed by atoms with Gasteiger partial charge in [-0.05, 0) is 54.0 Å². The van der Waals surface area contributed by atoms with E-state index in [1.807, 2.05) is 12.1 Å². The molecule has 0 atom stereocenters. The van der Waals surface area contributed by atoms with Crippen LogP contribution < -0.4 is 0 Å². The number of hydrogen-bond acceptors (Lipinski definition) is 1. The van der Waals surface area contributed by atoms with Crippen molar-refractivity contribution in [3.63, 3.8) is 0 Å². The molecule has 0 amide bonds. The molecule has 0 saturated heterocycles. The summed E-state index contributed by atoms with van der Waals surface area (Å²) in [6.07, 6.45) is 7.50. The lowest BCUT2D eigenvalue weighted by Crippen LogP contribution is -2.04. The van der Waals surface area contributed by atoms with Gasteiger partial charge in [0.2, 0.25) is 0 Å². The molecule has 0 heterocycles. The first-order valence-corrected chi connectivity index (χ1v) is 6.16. The molecule has 0 spiro atoms. The highest BCUT2D eigenvalue weighted by Gasteiger charge is 2.15. The minimum Gasteiger partial charge on any atom is -0.478 e. The van der Waals surface area contributed by atoms with Crippen LogP contribution in [-0.2, 0) is 6.42 Å². The second-order valence-corrected chi connectivity index (χ2v) is 4.89. The van der Waals surface area contributed by atoms with E-state index in [-0.39, 0.29) is 0 Å². The number of allylic oxidation sites excluding steroid dienone is 1. The van der Waals surface area contributed by atoms with Crippen LogP contribution >= 0.6 is 0 Å². The number of carboxylic acids is 1. The van der Waals surface area contributed by atoms with Gasteiger partial charge in [-0.3, -0.25) is 0 Å². The minimum absolute atomic E-state index is 0.353. The molecule has 0 saturated carbocycles. The maximum absolute atomic E-state index is 11.1. The van der Waals surface area contributed by atoms with Crippen molar-refractivity contribution in [1.29, 1.82) is 0 Å². The Morgan fingerprint density at radius 2 is 2.12 bits per heavy atom. The number of benzene rings is 1. The smallest absolute Gasteiger partial charge is 0.335 e. The molecule has 0 fully saturated rings. The van der Waals surface area contributed by atoms with Gasteiger partial charge in [0.25, 0.3) is 0 Å². The molecule has 1 aromatic rings. The predicted molar refractivity (Wildman–Crippen MR) is 69.5 cm³/mol. The molecular weight excluding hydrogens is 212 g/mol. The molecule has 2 heteroatoms. The Kier molecular flexibility index (Phi) is 3.32. The van der Waals surface area contributed by atoms with Crippen molar-refractivity contribution in [2.45, 2.75) is 39.0 Å². The molecule has 0 radical (unpaired) electrons. The molecule has 0 aromatic heterocycles. The van der Waals surface area contributed by atoms with Crippen molar-refractivity contribution in [2.24, 2.45) is 0 Å². The minimum atomic E-state index is -0.831. The third-order valence-electron chi connectivity index (χ3n) is 3.27. The molecule has 1 aromatic carbocycles. The van der Waals surface area contributed by atoms with Crippen LogP contribution in [0.2, 0.25) is 0 Å². The lowest BCUT2D eigenvalue weighted by atomic mass is 9.90. The van der Waals surface area contributed by atoms with E-state index < -0.39 is 5.97 Å². The Bertz CT molecular complexity index is 470. The van der Waals surface area contributed by atoms with Gasteiger partial charge in [0.1, 0.15) is 0 Å². The predicted octanol–water partition coefficient (Wildman–Crippen LogP) is 3.86. The first kappa shape index (κ1) is 11.9. The van der Waals surface area contributed by atoms with Gasteiger partial charge in [-0.2, -0.15) is 0 Å². The fraction of sp³-hybridized carbons (Fsp3) is 0.400. The van der Waals surface area contributed by atoms with Crippen molar-refractivity contribution < 1.29 is 9.90 Å². The zero-order valence-corrected chi connectivity index (χ0v) is 10.4. The van der Waals surface area contributed by atoms with Crippen LogP contribution in [0, 0.1) is 0 Å². The average molecular weight is 230 g/mol. The summed E-state index contributed by atoms with van der Waals surface area (Å²) in [5, 5.41) is 9.14. The van der Waals surface area contributed by atoms with Crippen molar-refractivity contribution in [2.75, 3.05) is 0 Å². The third kappa shape index (κ3) is 2.41. The Balaban J connectivity index is 2.62. The highest BCUT2D eigenvalue weighted by atomic mass is 16.4. The largest absolute Gasteiger partial charge is 0.478 e. The van der Waals surface area contributed by atoms with Crippen LogP contribution in [0.4, 0.5) is 0 Å². The number of rotatable bonds is 2. The third-order valence-corrected chi connectivity index (χ3v) is 3.27. The van der Waals surface area contributed by atoms with Crippen molar-refractivity contribution in [1.82, 2.24) is 0 Å². The number of carboxylic acid groups (broad SMARTS) is 1. The van der Waals surface area contributed by atoms with Gasteiger partial charge >= 0.3 is 5.97 Å². The second kappa shape index (κ2) is 4.74. The van der Waals surface area contributed by atoms with E-state index in [1.165, 1.54) is 11.1 Å². The zero-order chi connectivity index (χ0) is 12.4. The summed E-state index contributed by atoms with van der Waals surface area (Å²) in [6, 6.07) is 3.65. The van der Waals surface area contributed by atoms with Crippen molar-refractivity contribution in [3.05, 3.63) is 40.5 Å². The van der Waals surface area contributed by atoms with Crippen molar-refractivity contribution >= 4 is 12.0 Å². The molecule has 0 unspecified atom stereocenters. The van der Waals surface area contributed by atoms with Crippen LogP contribution in [0.1, 0.15) is 59.7 Å². The standard InChI is InChI=1S/C15H18O2/c1-10(2)14-9-12(15(16)17)8-11-6-4-3-5-7-13(11)14/h5,7-10H,3-4,6H2,1-2H3,(H,16,17). The van der Waals surface area contributed by atoms with E-state index in [4.69, 9.17) is 5.11 Å². The number of aryl methyl sites for hydroxylation is 1. The molecule has 1 aliphatic carbocycles. The molecule has 0 aliphatic heterocycles. The maximum Gasteiger partial charge on any atom is 0.335 e. The Hall–Kier alpha value is -1.57. The van der Waals surface area contributed by atoms with Gasteiger partial charge < -0.3 is 5.11 Å². The number of carbonyl (C=O) groups is 1. The summed E-state index contributed by atoms with van der Waals surface area (Å²) in [6.45, 7) is 4.22. The van der Waals surface area contributed by atoms with E-state index >= 15 is 0 Å². The zero-order valence-electron chi connectivity index (χ0n) is 10.4. The lowest BCUT2D eigenvalue weighted by Gasteiger charge is -2.15.